The number of carbonyl (C=O) groups excluding carboxylic acids is 2. The van der Waals surface area contributed by atoms with E-state index in [-0.39, 0.29) is 36.2 Å². The number of aromatic nitrogens is 1. The lowest BCUT2D eigenvalue weighted by Gasteiger charge is -2.59. The average Bonchev–Trinajstić information content (AvgIpc) is 2.88. The summed E-state index contributed by atoms with van der Waals surface area (Å²) in [6.45, 7) is 0.860. The molecule has 4 saturated carbocycles. The van der Waals surface area contributed by atoms with Gasteiger partial charge in [0.15, 0.2) is 0 Å². The molecule has 0 aromatic carbocycles. The lowest BCUT2D eigenvalue weighted by atomic mass is 9.52. The summed E-state index contributed by atoms with van der Waals surface area (Å²) in [5.74, 6) is 1.09. The first kappa shape index (κ1) is 27.8. The molecule has 2 unspecified atom stereocenters. The highest BCUT2D eigenvalue weighted by Gasteiger charge is 2.57. The largest absolute Gasteiger partial charge is 0.469 e. The van der Waals surface area contributed by atoms with Crippen LogP contribution in [0.25, 0.3) is 0 Å². The molecule has 4 bridgehead atoms. The number of carbonyl (C=O) groups is 2. The van der Waals surface area contributed by atoms with Crippen molar-refractivity contribution in [1.82, 2.24) is 15.6 Å². The summed E-state index contributed by atoms with van der Waals surface area (Å²) in [5.41, 5.74) is 0.143. The van der Waals surface area contributed by atoms with Crippen molar-refractivity contribution in [2.24, 2.45) is 17.8 Å². The van der Waals surface area contributed by atoms with Crippen LogP contribution in [0.2, 0.25) is 0 Å². The first-order valence-corrected chi connectivity index (χ1v) is 14.9. The third-order valence-electron chi connectivity index (χ3n) is 9.13. The third-order valence-corrected chi connectivity index (χ3v) is 10.3. The Morgan fingerprint density at radius 3 is 2.63 bits per heavy atom. The summed E-state index contributed by atoms with van der Waals surface area (Å²) in [7, 11) is 1.40. The maximum atomic E-state index is 13.7. The molecule has 1 aliphatic heterocycles. The second-order valence-corrected chi connectivity index (χ2v) is 12.8. The number of ether oxygens (including phenoxy) is 2. The standard InChI is InChI=1S/C28H39F2N3O4S/c1-3-9-38-25-20(5-6-21(32-25)27(15-22(34)36-2)7-4-8-31-16-27)24(35)33-23-18-10-17-11-19(23)14-28(12-17,13-18)37-26(29)30/h5-6,17-19,23,26,31H,3-4,7-16H2,1-2H3,(H,33,35)/t17?,18?,19?,23-,27-,28+/m0/s1. The zero-order valence-corrected chi connectivity index (χ0v) is 23.1. The summed E-state index contributed by atoms with van der Waals surface area (Å²) < 4.78 is 36.5. The van der Waals surface area contributed by atoms with Gasteiger partial charge in [-0.15, -0.1) is 11.8 Å². The van der Waals surface area contributed by atoms with Gasteiger partial charge in [0, 0.05) is 23.7 Å². The minimum Gasteiger partial charge on any atom is -0.469 e. The molecule has 1 saturated heterocycles. The highest BCUT2D eigenvalue weighted by atomic mass is 32.2. The number of methoxy groups -OCH3 is 1. The zero-order valence-electron chi connectivity index (χ0n) is 22.3. The number of nitrogens with one attached hydrogen (secondary N) is 2. The van der Waals surface area contributed by atoms with Crippen molar-refractivity contribution in [3.05, 3.63) is 23.4 Å². The normalized spacial score (nSPS) is 33.9. The van der Waals surface area contributed by atoms with Gasteiger partial charge in [-0.3, -0.25) is 9.59 Å². The fraction of sp³-hybridized carbons (Fsp3) is 0.750. The summed E-state index contributed by atoms with van der Waals surface area (Å²) in [6, 6.07) is 3.70. The maximum absolute atomic E-state index is 13.7. The number of hydrogen-bond acceptors (Lipinski definition) is 7. The number of thioether (sulfide) groups is 1. The van der Waals surface area contributed by atoms with Gasteiger partial charge in [-0.05, 0) is 93.6 Å². The third kappa shape index (κ3) is 5.59. The van der Waals surface area contributed by atoms with Crippen LogP contribution in [-0.4, -0.2) is 61.1 Å². The minimum atomic E-state index is -2.76. The SMILES string of the molecule is CCCSc1nc([C@]2(CC(=O)OC)CCCNC2)ccc1C(=O)N[C@H]1C2CC3CC1C[C@@](OC(F)F)(C3)C2. The first-order chi connectivity index (χ1) is 18.3. The van der Waals surface area contributed by atoms with Crippen molar-refractivity contribution in [1.29, 1.82) is 0 Å². The Labute approximate surface area is 227 Å². The number of esters is 1. The van der Waals surface area contributed by atoms with Crippen molar-refractivity contribution >= 4 is 23.6 Å². The van der Waals surface area contributed by atoms with Crippen molar-refractivity contribution in [2.45, 2.75) is 93.4 Å². The van der Waals surface area contributed by atoms with E-state index in [4.69, 9.17) is 14.5 Å². The summed E-state index contributed by atoms with van der Waals surface area (Å²) in [5, 5.41) is 7.38. The van der Waals surface area contributed by atoms with Crippen LogP contribution in [0.1, 0.15) is 80.8 Å². The van der Waals surface area contributed by atoms with Crippen LogP contribution >= 0.6 is 11.8 Å². The van der Waals surface area contributed by atoms with Crippen molar-refractivity contribution < 1.29 is 27.8 Å². The monoisotopic (exact) mass is 551 g/mol. The number of hydrogen-bond donors (Lipinski definition) is 2. The number of piperidine rings is 1. The van der Waals surface area contributed by atoms with Crippen LogP contribution in [0, 0.1) is 17.8 Å². The second kappa shape index (κ2) is 11.4. The van der Waals surface area contributed by atoms with Crippen LogP contribution < -0.4 is 10.6 Å². The molecule has 3 atom stereocenters. The molecule has 210 valence electrons. The molecule has 10 heteroatoms. The number of amides is 1. The number of rotatable bonds is 10. The number of nitrogens with zero attached hydrogens (tertiary/aromatic N) is 1. The van der Waals surface area contributed by atoms with E-state index in [1.165, 1.54) is 7.11 Å². The van der Waals surface area contributed by atoms with E-state index in [9.17, 15) is 18.4 Å². The van der Waals surface area contributed by atoms with Gasteiger partial charge in [0.25, 0.3) is 5.91 Å². The van der Waals surface area contributed by atoms with Crippen molar-refractivity contribution in [3.8, 4) is 0 Å². The molecule has 1 aromatic rings. The summed E-state index contributed by atoms with van der Waals surface area (Å²) in [4.78, 5) is 31.0. The van der Waals surface area contributed by atoms with Crippen LogP contribution in [0.3, 0.4) is 0 Å². The molecule has 4 aliphatic carbocycles. The topological polar surface area (TPSA) is 89.5 Å². The summed E-state index contributed by atoms with van der Waals surface area (Å²) in [6.07, 6.45) is 6.69. The van der Waals surface area contributed by atoms with Gasteiger partial charge >= 0.3 is 12.6 Å². The Kier molecular flexibility index (Phi) is 8.31. The van der Waals surface area contributed by atoms with Gasteiger partial charge in [-0.25, -0.2) is 4.98 Å². The molecule has 5 fully saturated rings. The fourth-order valence-corrected chi connectivity index (χ4v) is 8.62. The van der Waals surface area contributed by atoms with E-state index in [0.29, 0.717) is 42.3 Å². The molecular weight excluding hydrogens is 512 g/mol. The Morgan fingerprint density at radius 1 is 1.24 bits per heavy atom. The van der Waals surface area contributed by atoms with Gasteiger partial charge in [0.05, 0.1) is 24.7 Å². The summed E-state index contributed by atoms with van der Waals surface area (Å²) >= 11 is 1.56. The van der Waals surface area contributed by atoms with E-state index in [1.54, 1.807) is 11.8 Å². The van der Waals surface area contributed by atoms with Crippen molar-refractivity contribution in [3.63, 3.8) is 0 Å². The molecule has 7 nitrogen and oxygen atoms in total. The molecule has 0 radical (unpaired) electrons. The maximum Gasteiger partial charge on any atom is 0.345 e. The van der Waals surface area contributed by atoms with Crippen LogP contribution in [0.5, 0.6) is 0 Å². The van der Waals surface area contributed by atoms with Gasteiger partial charge in [-0.1, -0.05) is 6.92 Å². The first-order valence-electron chi connectivity index (χ1n) is 13.9. The van der Waals surface area contributed by atoms with Crippen molar-refractivity contribution in [2.75, 3.05) is 26.0 Å². The van der Waals surface area contributed by atoms with Crippen LogP contribution in [0.15, 0.2) is 17.2 Å². The lowest BCUT2D eigenvalue weighted by molar-refractivity contribution is -0.260. The number of alkyl halides is 2. The van der Waals surface area contributed by atoms with Gasteiger partial charge in [-0.2, -0.15) is 8.78 Å². The molecule has 2 N–H and O–H groups in total. The quantitative estimate of drug-likeness (QED) is 0.322. The molecule has 1 aromatic heterocycles. The van der Waals surface area contributed by atoms with E-state index in [0.717, 1.165) is 50.1 Å². The molecule has 5 aliphatic rings. The van der Waals surface area contributed by atoms with E-state index in [2.05, 4.69) is 17.6 Å². The van der Waals surface area contributed by atoms with Crippen LogP contribution in [-0.2, 0) is 19.7 Å². The predicted molar refractivity (Wildman–Crippen MR) is 140 cm³/mol. The van der Waals surface area contributed by atoms with Gasteiger partial charge < -0.3 is 20.1 Å². The van der Waals surface area contributed by atoms with Crippen LogP contribution in [0.4, 0.5) is 8.78 Å². The Bertz CT molecular complexity index is 1020. The van der Waals surface area contributed by atoms with E-state index in [1.807, 2.05) is 12.1 Å². The zero-order chi connectivity index (χ0) is 26.9. The average molecular weight is 552 g/mol. The number of pyridine rings is 1. The highest BCUT2D eigenvalue weighted by Crippen LogP contribution is 2.57. The van der Waals surface area contributed by atoms with Gasteiger partial charge in [0.2, 0.25) is 0 Å². The Morgan fingerprint density at radius 2 is 2.00 bits per heavy atom. The number of halogens is 2. The smallest absolute Gasteiger partial charge is 0.345 e. The minimum absolute atomic E-state index is 0.0367. The Hall–Kier alpha value is -1.78. The van der Waals surface area contributed by atoms with E-state index < -0.39 is 17.6 Å². The molecule has 2 heterocycles. The second-order valence-electron chi connectivity index (χ2n) is 11.7. The predicted octanol–water partition coefficient (Wildman–Crippen LogP) is 4.68. The Balaban J connectivity index is 1.37. The molecule has 0 spiro atoms. The fourth-order valence-electron chi connectivity index (χ4n) is 7.74. The molecule has 6 rings (SSSR count). The van der Waals surface area contributed by atoms with Gasteiger partial charge in [0.1, 0.15) is 5.03 Å². The highest BCUT2D eigenvalue weighted by molar-refractivity contribution is 7.99. The molecular formula is C28H39F2N3O4S. The molecule has 38 heavy (non-hydrogen) atoms. The lowest BCUT2D eigenvalue weighted by Crippen LogP contribution is -2.62. The molecule has 1 amide bonds. The van der Waals surface area contributed by atoms with E-state index >= 15 is 0 Å².